The number of carbonyl (C=O) groups excluding carboxylic acids is 2. The van der Waals surface area contributed by atoms with Crippen LogP contribution < -0.4 is 11.1 Å². The van der Waals surface area contributed by atoms with Crippen LogP contribution in [-0.2, 0) is 11.3 Å². The van der Waals surface area contributed by atoms with Crippen molar-refractivity contribution < 1.29 is 9.59 Å². The third-order valence-electron chi connectivity index (χ3n) is 3.20. The van der Waals surface area contributed by atoms with Gasteiger partial charge < -0.3 is 16.0 Å². The number of benzene rings is 1. The van der Waals surface area contributed by atoms with Crippen LogP contribution in [0.5, 0.6) is 0 Å². The second-order valence-electron chi connectivity index (χ2n) is 4.37. The van der Waals surface area contributed by atoms with Gasteiger partial charge in [0.05, 0.1) is 0 Å². The highest BCUT2D eigenvalue weighted by molar-refractivity contribution is 5.98. The Kier molecular flexibility index (Phi) is 3.62. The van der Waals surface area contributed by atoms with Crippen molar-refractivity contribution in [2.75, 3.05) is 13.1 Å². The Morgan fingerprint density at radius 1 is 1.44 bits per heavy atom. The topological polar surface area (TPSA) is 75.4 Å². The number of hydrogen-bond acceptors (Lipinski definition) is 3. The van der Waals surface area contributed by atoms with E-state index in [1.165, 1.54) is 0 Å². The van der Waals surface area contributed by atoms with Crippen LogP contribution in [0.4, 0.5) is 0 Å². The van der Waals surface area contributed by atoms with Gasteiger partial charge in [-0.15, -0.1) is 0 Å². The molecule has 3 N–H and O–H groups in total. The molecule has 1 aromatic carbocycles. The Balaban J connectivity index is 2.16. The van der Waals surface area contributed by atoms with Crippen LogP contribution in [0.15, 0.2) is 24.3 Å². The van der Waals surface area contributed by atoms with Crippen LogP contribution >= 0.6 is 0 Å². The molecule has 1 fully saturated rings. The number of rotatable bonds is 2. The first-order valence-corrected chi connectivity index (χ1v) is 6.01. The summed E-state index contributed by atoms with van der Waals surface area (Å²) in [5.41, 5.74) is 7.08. The molecular formula is C13H17N3O2. The molecular weight excluding hydrogens is 230 g/mol. The van der Waals surface area contributed by atoms with Gasteiger partial charge in [-0.1, -0.05) is 12.1 Å². The standard InChI is InChI=1S/C13H17N3O2/c1-9-12(17)15-6-7-16(9)13(18)11-4-2-10(8-14)3-5-11/h2-5,9H,6-8,14H2,1H3,(H,15,17). The molecule has 0 radical (unpaired) electrons. The fourth-order valence-corrected chi connectivity index (χ4v) is 2.01. The largest absolute Gasteiger partial charge is 0.353 e. The van der Waals surface area contributed by atoms with Gasteiger partial charge >= 0.3 is 0 Å². The maximum absolute atomic E-state index is 12.3. The molecule has 5 heteroatoms. The van der Waals surface area contributed by atoms with Gasteiger partial charge in [0, 0.05) is 25.2 Å². The number of nitrogens with two attached hydrogens (primary N) is 1. The molecule has 1 aromatic rings. The molecule has 2 amide bonds. The van der Waals surface area contributed by atoms with Gasteiger partial charge in [0.2, 0.25) is 5.91 Å². The van der Waals surface area contributed by atoms with E-state index < -0.39 is 6.04 Å². The summed E-state index contributed by atoms with van der Waals surface area (Å²) < 4.78 is 0. The van der Waals surface area contributed by atoms with E-state index in [0.29, 0.717) is 25.2 Å². The molecule has 0 bridgehead atoms. The van der Waals surface area contributed by atoms with Crippen molar-refractivity contribution in [1.82, 2.24) is 10.2 Å². The fourth-order valence-electron chi connectivity index (χ4n) is 2.01. The van der Waals surface area contributed by atoms with E-state index in [2.05, 4.69) is 5.32 Å². The molecule has 2 rings (SSSR count). The van der Waals surface area contributed by atoms with Crippen LogP contribution in [0, 0.1) is 0 Å². The predicted octanol–water partition coefficient (Wildman–Crippen LogP) is 0.106. The molecule has 1 aliphatic heterocycles. The van der Waals surface area contributed by atoms with E-state index in [9.17, 15) is 9.59 Å². The first-order chi connectivity index (χ1) is 8.63. The second kappa shape index (κ2) is 5.18. The number of nitrogens with zero attached hydrogens (tertiary/aromatic N) is 1. The third-order valence-corrected chi connectivity index (χ3v) is 3.20. The van der Waals surface area contributed by atoms with Crippen molar-refractivity contribution in [3.05, 3.63) is 35.4 Å². The Bertz CT molecular complexity index is 456. The molecule has 1 atom stereocenters. The molecule has 5 nitrogen and oxygen atoms in total. The summed E-state index contributed by atoms with van der Waals surface area (Å²) in [5, 5.41) is 2.74. The number of amides is 2. The molecule has 1 saturated heterocycles. The lowest BCUT2D eigenvalue weighted by Gasteiger charge is -2.32. The molecule has 0 aliphatic carbocycles. The van der Waals surface area contributed by atoms with Crippen LogP contribution in [0.1, 0.15) is 22.8 Å². The zero-order valence-corrected chi connectivity index (χ0v) is 10.3. The van der Waals surface area contributed by atoms with Crippen LogP contribution in [0.25, 0.3) is 0 Å². The zero-order chi connectivity index (χ0) is 13.1. The Labute approximate surface area is 106 Å². The Morgan fingerprint density at radius 3 is 2.72 bits per heavy atom. The van der Waals surface area contributed by atoms with Gasteiger partial charge in [0.15, 0.2) is 0 Å². The average molecular weight is 247 g/mol. The highest BCUT2D eigenvalue weighted by Gasteiger charge is 2.29. The maximum atomic E-state index is 12.3. The quantitative estimate of drug-likeness (QED) is 0.778. The number of piperazine rings is 1. The Morgan fingerprint density at radius 2 is 2.11 bits per heavy atom. The lowest BCUT2D eigenvalue weighted by Crippen LogP contribution is -2.55. The normalized spacial score (nSPS) is 19.6. The van der Waals surface area contributed by atoms with E-state index in [4.69, 9.17) is 5.73 Å². The third kappa shape index (κ3) is 2.36. The van der Waals surface area contributed by atoms with E-state index in [-0.39, 0.29) is 11.8 Å². The molecule has 1 heterocycles. The highest BCUT2D eigenvalue weighted by atomic mass is 16.2. The van der Waals surface area contributed by atoms with Gasteiger partial charge in [-0.05, 0) is 24.6 Å². The minimum Gasteiger partial charge on any atom is -0.353 e. The van der Waals surface area contributed by atoms with Crippen LogP contribution in [-0.4, -0.2) is 35.8 Å². The van der Waals surface area contributed by atoms with Crippen molar-refractivity contribution in [3.8, 4) is 0 Å². The summed E-state index contributed by atoms with van der Waals surface area (Å²) in [6.45, 7) is 3.25. The van der Waals surface area contributed by atoms with Gasteiger partial charge in [-0.2, -0.15) is 0 Å². The molecule has 96 valence electrons. The lowest BCUT2D eigenvalue weighted by atomic mass is 10.1. The van der Waals surface area contributed by atoms with E-state index in [0.717, 1.165) is 5.56 Å². The van der Waals surface area contributed by atoms with Crippen molar-refractivity contribution >= 4 is 11.8 Å². The number of carbonyl (C=O) groups is 2. The Hall–Kier alpha value is -1.88. The lowest BCUT2D eigenvalue weighted by molar-refractivity contribution is -0.127. The molecule has 1 aliphatic rings. The smallest absolute Gasteiger partial charge is 0.254 e. The molecule has 0 spiro atoms. The van der Waals surface area contributed by atoms with Crippen LogP contribution in [0.2, 0.25) is 0 Å². The van der Waals surface area contributed by atoms with Crippen molar-refractivity contribution in [3.63, 3.8) is 0 Å². The second-order valence-corrected chi connectivity index (χ2v) is 4.37. The summed E-state index contributed by atoms with van der Waals surface area (Å²) in [6, 6.07) is 6.76. The van der Waals surface area contributed by atoms with Crippen molar-refractivity contribution in [2.24, 2.45) is 5.73 Å². The summed E-state index contributed by atoms with van der Waals surface area (Å²) in [7, 11) is 0. The van der Waals surface area contributed by atoms with Gasteiger partial charge in [0.25, 0.3) is 5.91 Å². The van der Waals surface area contributed by atoms with Crippen LogP contribution in [0.3, 0.4) is 0 Å². The van der Waals surface area contributed by atoms with E-state index in [1.807, 2.05) is 12.1 Å². The van der Waals surface area contributed by atoms with Crippen molar-refractivity contribution in [1.29, 1.82) is 0 Å². The number of nitrogens with one attached hydrogen (secondary N) is 1. The highest BCUT2D eigenvalue weighted by Crippen LogP contribution is 2.12. The molecule has 18 heavy (non-hydrogen) atoms. The fraction of sp³-hybridized carbons (Fsp3) is 0.385. The molecule has 0 aromatic heterocycles. The summed E-state index contributed by atoms with van der Waals surface area (Å²) in [4.78, 5) is 25.4. The molecule has 0 saturated carbocycles. The minimum absolute atomic E-state index is 0.104. The first-order valence-electron chi connectivity index (χ1n) is 6.01. The maximum Gasteiger partial charge on any atom is 0.254 e. The van der Waals surface area contributed by atoms with E-state index >= 15 is 0 Å². The predicted molar refractivity (Wildman–Crippen MR) is 67.8 cm³/mol. The summed E-state index contributed by atoms with van der Waals surface area (Å²) >= 11 is 0. The van der Waals surface area contributed by atoms with Gasteiger partial charge in [0.1, 0.15) is 6.04 Å². The monoisotopic (exact) mass is 247 g/mol. The molecule has 1 unspecified atom stereocenters. The van der Waals surface area contributed by atoms with Crippen molar-refractivity contribution in [2.45, 2.75) is 19.5 Å². The number of hydrogen-bond donors (Lipinski definition) is 2. The summed E-state index contributed by atoms with van der Waals surface area (Å²) in [5.74, 6) is -0.214. The van der Waals surface area contributed by atoms with Gasteiger partial charge in [-0.3, -0.25) is 9.59 Å². The SMILES string of the molecule is CC1C(=O)NCCN1C(=O)c1ccc(CN)cc1. The average Bonchev–Trinajstić information content (AvgIpc) is 2.41. The summed E-state index contributed by atoms with van der Waals surface area (Å²) in [6.07, 6.45) is 0. The first kappa shape index (κ1) is 12.6. The minimum atomic E-state index is -0.416. The van der Waals surface area contributed by atoms with Gasteiger partial charge in [-0.25, -0.2) is 0 Å². The zero-order valence-electron chi connectivity index (χ0n) is 10.3. The van der Waals surface area contributed by atoms with E-state index in [1.54, 1.807) is 24.0 Å².